The molecule has 2 heterocycles. The molecular weight excluding hydrogens is 314 g/mol. The summed E-state index contributed by atoms with van der Waals surface area (Å²) in [6, 6.07) is 5.91. The van der Waals surface area contributed by atoms with Gasteiger partial charge in [0, 0.05) is 12.0 Å². The van der Waals surface area contributed by atoms with Crippen LogP contribution >= 0.6 is 11.3 Å². The fraction of sp³-hybridized carbons (Fsp3) is 0.438. The highest BCUT2D eigenvalue weighted by molar-refractivity contribution is 7.13. The summed E-state index contributed by atoms with van der Waals surface area (Å²) in [7, 11) is 0. The quantitative estimate of drug-likeness (QED) is 0.929. The van der Waals surface area contributed by atoms with Gasteiger partial charge < -0.3 is 14.8 Å². The van der Waals surface area contributed by atoms with Crippen LogP contribution in [0.1, 0.15) is 34.2 Å². The molecule has 0 saturated heterocycles. The number of nitrogens with zero attached hydrogens (tertiary/aromatic N) is 2. The molecule has 1 aliphatic rings. The van der Waals surface area contributed by atoms with Crippen LogP contribution in [0.25, 0.3) is 0 Å². The van der Waals surface area contributed by atoms with Crippen LogP contribution in [0.2, 0.25) is 0 Å². The lowest BCUT2D eigenvalue weighted by Crippen LogP contribution is -2.36. The van der Waals surface area contributed by atoms with Crippen molar-refractivity contribution in [3.8, 4) is 11.5 Å². The maximum Gasteiger partial charge on any atom is 0.282 e. The van der Waals surface area contributed by atoms with E-state index in [4.69, 9.17) is 9.47 Å². The van der Waals surface area contributed by atoms with Gasteiger partial charge in [-0.25, -0.2) is 0 Å². The molecule has 6 nitrogen and oxygen atoms in total. The van der Waals surface area contributed by atoms with Gasteiger partial charge in [0.2, 0.25) is 5.01 Å². The summed E-state index contributed by atoms with van der Waals surface area (Å²) in [6.45, 7) is 7.60. The third-order valence-corrected chi connectivity index (χ3v) is 4.57. The first-order valence-corrected chi connectivity index (χ1v) is 8.26. The molecule has 0 aliphatic carbocycles. The third-order valence-electron chi connectivity index (χ3n) is 3.73. The number of carbonyl (C=O) groups excluding carboxylic acids is 1. The van der Waals surface area contributed by atoms with E-state index in [0.29, 0.717) is 24.8 Å². The van der Waals surface area contributed by atoms with Gasteiger partial charge in [-0.1, -0.05) is 31.3 Å². The molecular formula is C16H19N3O3S. The van der Waals surface area contributed by atoms with Gasteiger partial charge in [-0.15, -0.1) is 10.2 Å². The average molecular weight is 333 g/mol. The molecule has 122 valence electrons. The molecule has 0 radical (unpaired) electrons. The van der Waals surface area contributed by atoms with E-state index in [0.717, 1.165) is 22.1 Å². The predicted octanol–water partition coefficient (Wildman–Crippen LogP) is 2.33. The summed E-state index contributed by atoms with van der Waals surface area (Å²) < 4.78 is 11.2. The second-order valence-electron chi connectivity index (χ2n) is 6.05. The Morgan fingerprint density at radius 1 is 1.26 bits per heavy atom. The summed E-state index contributed by atoms with van der Waals surface area (Å²) >= 11 is 1.29. The van der Waals surface area contributed by atoms with Gasteiger partial charge in [0.15, 0.2) is 11.5 Å². The van der Waals surface area contributed by atoms with Crippen molar-refractivity contribution >= 4 is 17.2 Å². The smallest absolute Gasteiger partial charge is 0.282 e. The molecule has 0 bridgehead atoms. The zero-order chi connectivity index (χ0) is 16.4. The average Bonchev–Trinajstić information content (AvgIpc) is 2.99. The van der Waals surface area contributed by atoms with Crippen molar-refractivity contribution in [1.29, 1.82) is 0 Å². The number of carbonyl (C=O) groups is 1. The molecule has 0 saturated carbocycles. The number of hydrogen-bond donors (Lipinski definition) is 1. The van der Waals surface area contributed by atoms with E-state index < -0.39 is 0 Å². The highest BCUT2D eigenvalue weighted by atomic mass is 32.1. The fourth-order valence-corrected chi connectivity index (χ4v) is 2.94. The molecule has 0 unspecified atom stereocenters. The molecule has 7 heteroatoms. The zero-order valence-corrected chi connectivity index (χ0v) is 14.2. The van der Waals surface area contributed by atoms with Crippen LogP contribution in [0.5, 0.6) is 11.5 Å². The molecule has 1 amide bonds. The van der Waals surface area contributed by atoms with Crippen LogP contribution in [0.4, 0.5) is 0 Å². The number of benzene rings is 1. The van der Waals surface area contributed by atoms with Crippen LogP contribution in [0, 0.1) is 6.92 Å². The maximum atomic E-state index is 12.1. The first kappa shape index (κ1) is 15.7. The molecule has 0 atom stereocenters. The van der Waals surface area contributed by atoms with Gasteiger partial charge in [-0.2, -0.15) is 0 Å². The lowest BCUT2D eigenvalue weighted by molar-refractivity contribution is 0.0944. The molecule has 1 N–H and O–H groups in total. The van der Waals surface area contributed by atoms with Crippen molar-refractivity contribution in [3.05, 3.63) is 33.8 Å². The first-order valence-electron chi connectivity index (χ1n) is 7.44. The van der Waals surface area contributed by atoms with Crippen LogP contribution in [0.15, 0.2) is 18.2 Å². The SMILES string of the molecule is Cc1nnc(C(=O)NCC(C)(C)c2ccc3c(c2)OCCO3)s1. The second-order valence-corrected chi connectivity index (χ2v) is 7.23. The lowest BCUT2D eigenvalue weighted by atomic mass is 9.84. The van der Waals surface area contributed by atoms with Crippen molar-refractivity contribution in [1.82, 2.24) is 15.5 Å². The van der Waals surface area contributed by atoms with E-state index in [-0.39, 0.29) is 11.3 Å². The fourth-order valence-electron chi connectivity index (χ4n) is 2.33. The summed E-state index contributed by atoms with van der Waals surface area (Å²) in [4.78, 5) is 12.1. The van der Waals surface area contributed by atoms with Crippen LogP contribution in [-0.2, 0) is 5.41 Å². The topological polar surface area (TPSA) is 73.3 Å². The number of fused-ring (bicyclic) bond motifs is 1. The Morgan fingerprint density at radius 3 is 2.70 bits per heavy atom. The van der Waals surface area contributed by atoms with Gasteiger partial charge in [-0.05, 0) is 24.6 Å². The van der Waals surface area contributed by atoms with Gasteiger partial charge in [0.25, 0.3) is 5.91 Å². The van der Waals surface area contributed by atoms with Crippen molar-refractivity contribution in [3.63, 3.8) is 0 Å². The predicted molar refractivity (Wildman–Crippen MR) is 87.4 cm³/mol. The number of amides is 1. The van der Waals surface area contributed by atoms with Gasteiger partial charge >= 0.3 is 0 Å². The van der Waals surface area contributed by atoms with E-state index >= 15 is 0 Å². The van der Waals surface area contributed by atoms with Gasteiger partial charge in [-0.3, -0.25) is 4.79 Å². The minimum Gasteiger partial charge on any atom is -0.486 e. The second kappa shape index (κ2) is 6.16. The van der Waals surface area contributed by atoms with Crippen molar-refractivity contribution in [2.24, 2.45) is 0 Å². The van der Waals surface area contributed by atoms with Gasteiger partial charge in [0.1, 0.15) is 18.2 Å². The Kier molecular flexibility index (Phi) is 4.21. The summed E-state index contributed by atoms with van der Waals surface area (Å²) in [5.41, 5.74) is 0.834. The molecule has 3 rings (SSSR count). The Bertz CT molecular complexity index is 727. The number of aromatic nitrogens is 2. The highest BCUT2D eigenvalue weighted by Crippen LogP contribution is 2.34. The number of aryl methyl sites for hydroxylation is 1. The highest BCUT2D eigenvalue weighted by Gasteiger charge is 2.25. The van der Waals surface area contributed by atoms with E-state index in [2.05, 4.69) is 29.4 Å². The number of ether oxygens (including phenoxy) is 2. The standard InChI is InChI=1S/C16H19N3O3S/c1-10-18-19-15(23-10)14(20)17-9-16(2,3)11-4-5-12-13(8-11)22-7-6-21-12/h4-5,8H,6-7,9H2,1-3H3,(H,17,20). The Hall–Kier alpha value is -2.15. The van der Waals surface area contributed by atoms with Crippen molar-refractivity contribution in [2.75, 3.05) is 19.8 Å². The van der Waals surface area contributed by atoms with Crippen LogP contribution < -0.4 is 14.8 Å². The first-order chi connectivity index (χ1) is 11.0. The summed E-state index contributed by atoms with van der Waals surface area (Å²) in [6.07, 6.45) is 0. The summed E-state index contributed by atoms with van der Waals surface area (Å²) in [5.74, 6) is 1.33. The Labute approximate surface area is 138 Å². The third kappa shape index (κ3) is 3.44. The molecule has 1 aliphatic heterocycles. The molecule has 2 aromatic rings. The molecule has 0 spiro atoms. The normalized spacial score (nSPS) is 13.7. The minimum absolute atomic E-state index is 0.193. The monoisotopic (exact) mass is 333 g/mol. The van der Waals surface area contributed by atoms with E-state index in [1.165, 1.54) is 11.3 Å². The van der Waals surface area contributed by atoms with Gasteiger partial charge in [0.05, 0.1) is 0 Å². The lowest BCUT2D eigenvalue weighted by Gasteiger charge is -2.27. The molecule has 23 heavy (non-hydrogen) atoms. The van der Waals surface area contributed by atoms with E-state index in [1.807, 2.05) is 25.1 Å². The van der Waals surface area contributed by atoms with Crippen molar-refractivity contribution < 1.29 is 14.3 Å². The molecule has 1 aromatic carbocycles. The molecule has 0 fully saturated rings. The number of rotatable bonds is 4. The number of hydrogen-bond acceptors (Lipinski definition) is 6. The zero-order valence-electron chi connectivity index (χ0n) is 13.4. The van der Waals surface area contributed by atoms with E-state index in [1.54, 1.807) is 0 Å². The van der Waals surface area contributed by atoms with Crippen LogP contribution in [0.3, 0.4) is 0 Å². The summed E-state index contributed by atoms with van der Waals surface area (Å²) in [5, 5.41) is 11.8. The molecule has 1 aromatic heterocycles. The maximum absolute atomic E-state index is 12.1. The Balaban J connectivity index is 1.70. The largest absolute Gasteiger partial charge is 0.486 e. The van der Waals surface area contributed by atoms with Crippen molar-refractivity contribution in [2.45, 2.75) is 26.2 Å². The Morgan fingerprint density at radius 2 is 2.00 bits per heavy atom. The number of nitrogens with one attached hydrogen (secondary N) is 1. The van der Waals surface area contributed by atoms with Crippen LogP contribution in [-0.4, -0.2) is 35.9 Å². The minimum atomic E-state index is -0.245. The van der Waals surface area contributed by atoms with E-state index in [9.17, 15) is 4.79 Å².